The van der Waals surface area contributed by atoms with Crippen molar-refractivity contribution in [3.8, 4) is 10.4 Å². The van der Waals surface area contributed by atoms with E-state index in [4.69, 9.17) is 0 Å². The number of carbonyl (C=O) groups is 2. The largest absolute Gasteiger partial charge is 0.318 e. The standard InChI is InChI=1S/C12H7NO2S/c14-11-8-4-1-3-7(9-5-2-6-16-9)10(8)13-12(11)15/h1-6H,(H,13,14,15). The number of benzene rings is 1. The van der Waals surface area contributed by atoms with Crippen molar-refractivity contribution in [1.82, 2.24) is 0 Å². The fraction of sp³-hybridized carbons (Fsp3) is 0. The third-order valence-corrected chi connectivity index (χ3v) is 3.44. The zero-order chi connectivity index (χ0) is 11.1. The first-order valence-corrected chi connectivity index (χ1v) is 5.68. The Morgan fingerprint density at radius 2 is 1.81 bits per heavy atom. The highest BCUT2D eigenvalue weighted by Gasteiger charge is 2.29. The fourth-order valence-corrected chi connectivity index (χ4v) is 2.56. The van der Waals surface area contributed by atoms with E-state index in [1.54, 1.807) is 23.5 Å². The lowest BCUT2D eigenvalue weighted by atomic mass is 10.1. The Kier molecular flexibility index (Phi) is 1.91. The highest BCUT2D eigenvalue weighted by atomic mass is 32.1. The quantitative estimate of drug-likeness (QED) is 0.764. The van der Waals surface area contributed by atoms with Gasteiger partial charge in [0.25, 0.3) is 11.7 Å². The van der Waals surface area contributed by atoms with Gasteiger partial charge in [-0.05, 0) is 17.5 Å². The summed E-state index contributed by atoms with van der Waals surface area (Å²) in [6, 6.07) is 9.29. The Morgan fingerprint density at radius 3 is 2.56 bits per heavy atom. The minimum absolute atomic E-state index is 0.451. The molecule has 1 amide bonds. The van der Waals surface area contributed by atoms with E-state index < -0.39 is 11.7 Å². The van der Waals surface area contributed by atoms with Crippen molar-refractivity contribution in [2.75, 3.05) is 5.32 Å². The van der Waals surface area contributed by atoms with E-state index in [0.29, 0.717) is 11.3 Å². The second kappa shape index (κ2) is 3.28. The number of para-hydroxylation sites is 1. The molecule has 0 saturated heterocycles. The second-order valence-corrected chi connectivity index (χ2v) is 4.44. The number of ketones is 1. The maximum atomic E-state index is 11.5. The van der Waals surface area contributed by atoms with Gasteiger partial charge in [0, 0.05) is 10.4 Å². The van der Waals surface area contributed by atoms with Crippen LogP contribution in [-0.2, 0) is 4.79 Å². The van der Waals surface area contributed by atoms with Crippen LogP contribution in [0.5, 0.6) is 0 Å². The van der Waals surface area contributed by atoms with E-state index in [0.717, 1.165) is 10.4 Å². The van der Waals surface area contributed by atoms with Crippen LogP contribution in [0.3, 0.4) is 0 Å². The molecular weight excluding hydrogens is 222 g/mol. The Labute approximate surface area is 95.7 Å². The number of Topliss-reactive ketones (excluding diaryl/α,β-unsaturated/α-hetero) is 1. The number of thiophene rings is 1. The number of hydrogen-bond acceptors (Lipinski definition) is 3. The van der Waals surface area contributed by atoms with Crippen LogP contribution >= 0.6 is 11.3 Å². The summed E-state index contributed by atoms with van der Waals surface area (Å²) in [5.41, 5.74) is 2.02. The van der Waals surface area contributed by atoms with Crippen molar-refractivity contribution >= 4 is 28.7 Å². The summed E-state index contributed by atoms with van der Waals surface area (Å²) in [5, 5.41) is 4.59. The molecule has 1 aliphatic heterocycles. The number of carbonyl (C=O) groups excluding carboxylic acids is 2. The Balaban J connectivity index is 2.24. The summed E-state index contributed by atoms with van der Waals surface area (Å²) in [4.78, 5) is 23.9. The van der Waals surface area contributed by atoms with Crippen LogP contribution in [0, 0.1) is 0 Å². The smallest absolute Gasteiger partial charge is 0.296 e. The predicted octanol–water partition coefficient (Wildman–Crippen LogP) is 2.55. The monoisotopic (exact) mass is 229 g/mol. The van der Waals surface area contributed by atoms with Crippen LogP contribution in [0.15, 0.2) is 35.7 Å². The minimum atomic E-state index is -0.543. The summed E-state index contributed by atoms with van der Waals surface area (Å²) >= 11 is 1.58. The first-order chi connectivity index (χ1) is 7.77. The lowest BCUT2D eigenvalue weighted by Crippen LogP contribution is -2.12. The number of rotatable bonds is 1. The third kappa shape index (κ3) is 1.20. The first-order valence-electron chi connectivity index (χ1n) is 4.80. The van der Waals surface area contributed by atoms with Gasteiger partial charge in [-0.15, -0.1) is 11.3 Å². The lowest BCUT2D eigenvalue weighted by Gasteiger charge is -2.04. The molecule has 3 rings (SSSR count). The molecule has 78 valence electrons. The maximum absolute atomic E-state index is 11.5. The highest BCUT2D eigenvalue weighted by molar-refractivity contribution is 7.13. The summed E-state index contributed by atoms with van der Waals surface area (Å²) in [6.45, 7) is 0. The Morgan fingerprint density at radius 1 is 1.00 bits per heavy atom. The molecule has 4 heteroatoms. The molecule has 2 aromatic rings. The molecule has 1 N–H and O–H groups in total. The molecule has 0 radical (unpaired) electrons. The summed E-state index contributed by atoms with van der Waals surface area (Å²) in [7, 11) is 0. The lowest BCUT2D eigenvalue weighted by molar-refractivity contribution is -0.112. The molecule has 0 aliphatic carbocycles. The molecule has 0 saturated carbocycles. The number of anilines is 1. The normalized spacial score (nSPS) is 13.8. The van der Waals surface area contributed by atoms with Gasteiger partial charge in [0.15, 0.2) is 0 Å². The zero-order valence-corrected chi connectivity index (χ0v) is 9.01. The Bertz CT molecular complexity index is 587. The van der Waals surface area contributed by atoms with Crippen molar-refractivity contribution in [2.45, 2.75) is 0 Å². The number of nitrogens with one attached hydrogen (secondary N) is 1. The fourth-order valence-electron chi connectivity index (χ4n) is 1.81. The third-order valence-electron chi connectivity index (χ3n) is 2.54. The molecule has 0 spiro atoms. The first kappa shape index (κ1) is 9.30. The summed E-state index contributed by atoms with van der Waals surface area (Å²) < 4.78 is 0. The van der Waals surface area contributed by atoms with Gasteiger partial charge in [-0.2, -0.15) is 0 Å². The van der Waals surface area contributed by atoms with Crippen molar-refractivity contribution in [1.29, 1.82) is 0 Å². The number of amides is 1. The molecule has 0 bridgehead atoms. The van der Waals surface area contributed by atoms with Gasteiger partial charge >= 0.3 is 0 Å². The summed E-state index contributed by atoms with van der Waals surface area (Å²) in [6.07, 6.45) is 0. The molecule has 16 heavy (non-hydrogen) atoms. The topological polar surface area (TPSA) is 46.2 Å². The van der Waals surface area contributed by atoms with Gasteiger partial charge in [-0.1, -0.05) is 18.2 Å². The minimum Gasteiger partial charge on any atom is -0.318 e. The van der Waals surface area contributed by atoms with Gasteiger partial charge in [0.2, 0.25) is 0 Å². The number of fused-ring (bicyclic) bond motifs is 1. The van der Waals surface area contributed by atoms with Crippen molar-refractivity contribution < 1.29 is 9.59 Å². The zero-order valence-electron chi connectivity index (χ0n) is 8.19. The van der Waals surface area contributed by atoms with Crippen molar-refractivity contribution in [3.63, 3.8) is 0 Å². The van der Waals surface area contributed by atoms with E-state index in [-0.39, 0.29) is 0 Å². The predicted molar refractivity (Wildman–Crippen MR) is 62.7 cm³/mol. The maximum Gasteiger partial charge on any atom is 0.296 e. The molecule has 0 unspecified atom stereocenters. The SMILES string of the molecule is O=C1Nc2c(cccc2-c2cccs2)C1=O. The average molecular weight is 229 g/mol. The molecule has 0 atom stereocenters. The van der Waals surface area contributed by atoms with Crippen LogP contribution in [0.2, 0.25) is 0 Å². The van der Waals surface area contributed by atoms with Crippen LogP contribution in [0.25, 0.3) is 10.4 Å². The van der Waals surface area contributed by atoms with Crippen LogP contribution in [0.1, 0.15) is 10.4 Å². The van der Waals surface area contributed by atoms with Crippen molar-refractivity contribution in [3.05, 3.63) is 41.3 Å². The van der Waals surface area contributed by atoms with Crippen molar-refractivity contribution in [2.24, 2.45) is 0 Å². The highest BCUT2D eigenvalue weighted by Crippen LogP contribution is 2.36. The van der Waals surface area contributed by atoms with Crippen LogP contribution in [0.4, 0.5) is 5.69 Å². The van der Waals surface area contributed by atoms with Crippen LogP contribution in [-0.4, -0.2) is 11.7 Å². The molecule has 1 aromatic carbocycles. The molecule has 2 heterocycles. The average Bonchev–Trinajstić information content (AvgIpc) is 2.89. The van der Waals surface area contributed by atoms with Gasteiger partial charge < -0.3 is 5.32 Å². The van der Waals surface area contributed by atoms with Crippen LogP contribution < -0.4 is 5.32 Å². The van der Waals surface area contributed by atoms with Gasteiger partial charge in [-0.3, -0.25) is 9.59 Å². The molecule has 1 aliphatic rings. The van der Waals surface area contributed by atoms with E-state index >= 15 is 0 Å². The van der Waals surface area contributed by atoms with Gasteiger partial charge in [-0.25, -0.2) is 0 Å². The second-order valence-electron chi connectivity index (χ2n) is 3.49. The van der Waals surface area contributed by atoms with E-state index in [9.17, 15) is 9.59 Å². The molecular formula is C12H7NO2S. The Hall–Kier alpha value is -1.94. The van der Waals surface area contributed by atoms with E-state index in [2.05, 4.69) is 5.32 Å². The summed E-state index contributed by atoms with van der Waals surface area (Å²) in [5.74, 6) is -0.993. The number of hydrogen-bond donors (Lipinski definition) is 1. The van der Waals surface area contributed by atoms with Gasteiger partial charge in [0.1, 0.15) is 0 Å². The molecule has 3 nitrogen and oxygen atoms in total. The molecule has 1 aromatic heterocycles. The van der Waals surface area contributed by atoms with E-state index in [1.807, 2.05) is 23.6 Å². The van der Waals surface area contributed by atoms with E-state index in [1.165, 1.54) is 0 Å². The molecule has 0 fully saturated rings. The van der Waals surface area contributed by atoms with Gasteiger partial charge in [0.05, 0.1) is 11.3 Å².